The number of anilines is 1. The summed E-state index contributed by atoms with van der Waals surface area (Å²) in [5, 5.41) is 6.86. The van der Waals surface area contributed by atoms with E-state index in [1.807, 2.05) is 32.8 Å². The summed E-state index contributed by atoms with van der Waals surface area (Å²) >= 11 is 0. The second kappa shape index (κ2) is 7.63. The molecule has 0 spiro atoms. The largest absolute Gasteiger partial charge is 0.333 e. The van der Waals surface area contributed by atoms with Crippen LogP contribution in [0, 0.1) is 0 Å². The van der Waals surface area contributed by atoms with E-state index in [4.69, 9.17) is 0 Å². The molecule has 0 fully saturated rings. The molecule has 2 aromatic rings. The van der Waals surface area contributed by atoms with Crippen LogP contribution in [0.5, 0.6) is 0 Å². The fraction of sp³-hybridized carbons (Fsp3) is 0.545. The van der Waals surface area contributed by atoms with Crippen molar-refractivity contribution in [3.8, 4) is 0 Å². The average molecular weight is 446 g/mol. The lowest BCUT2D eigenvalue weighted by molar-refractivity contribution is 0.185. The number of sulfonamides is 1. The first kappa shape index (κ1) is 21.8. The van der Waals surface area contributed by atoms with Crippen molar-refractivity contribution in [2.24, 2.45) is 7.05 Å². The van der Waals surface area contributed by atoms with E-state index in [-0.39, 0.29) is 5.03 Å². The number of rotatable bonds is 5. The van der Waals surface area contributed by atoms with Crippen LogP contribution in [0.2, 0.25) is 0 Å². The number of benzene rings is 1. The second-order valence-corrected chi connectivity index (χ2v) is 10.9. The maximum absolute atomic E-state index is 12.9. The fourth-order valence-electron chi connectivity index (χ4n) is 4.65. The standard InChI is InChI=1S/C22H31N5O3S/c1-22(2,26(3)4)18-13-19(24-27(18)5)31(29,30)25-21(28)23-20-16-10-6-8-14(16)12-15-9-7-11-17(15)20/h12-13H,6-11H2,1-5H3,(H2,23,25,28). The Morgan fingerprint density at radius 1 is 1.06 bits per heavy atom. The Hall–Kier alpha value is -2.39. The minimum atomic E-state index is -4.11. The molecule has 8 nitrogen and oxygen atoms in total. The van der Waals surface area contributed by atoms with Crippen molar-refractivity contribution < 1.29 is 13.2 Å². The molecule has 1 heterocycles. The molecular formula is C22H31N5O3S. The Kier molecular flexibility index (Phi) is 5.37. The maximum atomic E-state index is 12.9. The fourth-order valence-corrected chi connectivity index (χ4v) is 5.55. The van der Waals surface area contributed by atoms with E-state index < -0.39 is 21.6 Å². The van der Waals surface area contributed by atoms with Crippen LogP contribution in [0.25, 0.3) is 0 Å². The minimum absolute atomic E-state index is 0.168. The van der Waals surface area contributed by atoms with Crippen LogP contribution in [0.4, 0.5) is 10.5 Å². The predicted octanol–water partition coefficient (Wildman–Crippen LogP) is 2.70. The van der Waals surface area contributed by atoms with Gasteiger partial charge in [0.05, 0.1) is 11.2 Å². The lowest BCUT2D eigenvalue weighted by atomic mass is 9.99. The normalized spacial score (nSPS) is 15.8. The number of carbonyl (C=O) groups excluding carboxylic acids is 1. The van der Waals surface area contributed by atoms with E-state index in [2.05, 4.69) is 21.2 Å². The predicted molar refractivity (Wildman–Crippen MR) is 120 cm³/mol. The van der Waals surface area contributed by atoms with Crippen molar-refractivity contribution in [1.29, 1.82) is 0 Å². The first-order valence-corrected chi connectivity index (χ1v) is 12.2. The molecule has 1 aromatic carbocycles. The third kappa shape index (κ3) is 3.85. The van der Waals surface area contributed by atoms with Gasteiger partial charge in [-0.05, 0) is 88.7 Å². The number of aromatic nitrogens is 2. The van der Waals surface area contributed by atoms with Crippen molar-refractivity contribution in [3.63, 3.8) is 0 Å². The number of amides is 2. The highest BCUT2D eigenvalue weighted by molar-refractivity contribution is 7.90. The van der Waals surface area contributed by atoms with Gasteiger partial charge in [-0.15, -0.1) is 0 Å². The summed E-state index contributed by atoms with van der Waals surface area (Å²) < 4.78 is 29.5. The number of nitrogens with one attached hydrogen (secondary N) is 2. The number of urea groups is 1. The highest BCUT2D eigenvalue weighted by Gasteiger charge is 2.31. The van der Waals surface area contributed by atoms with Crippen molar-refractivity contribution >= 4 is 21.7 Å². The minimum Gasteiger partial charge on any atom is -0.307 e. The molecule has 1 aromatic heterocycles. The van der Waals surface area contributed by atoms with Gasteiger partial charge in [-0.3, -0.25) is 9.58 Å². The van der Waals surface area contributed by atoms with E-state index in [0.29, 0.717) is 0 Å². The summed E-state index contributed by atoms with van der Waals surface area (Å²) in [5.74, 6) is 0. The number of hydrogen-bond acceptors (Lipinski definition) is 5. The highest BCUT2D eigenvalue weighted by atomic mass is 32.2. The average Bonchev–Trinajstić information content (AvgIpc) is 3.39. The van der Waals surface area contributed by atoms with Gasteiger partial charge in [0.1, 0.15) is 0 Å². The number of hydrogen-bond donors (Lipinski definition) is 2. The number of nitrogens with zero attached hydrogens (tertiary/aromatic N) is 3. The number of carbonyl (C=O) groups is 1. The Morgan fingerprint density at radius 3 is 2.19 bits per heavy atom. The van der Waals surface area contributed by atoms with Crippen LogP contribution in [-0.4, -0.2) is 43.2 Å². The smallest absolute Gasteiger partial charge is 0.307 e. The molecular weight excluding hydrogens is 414 g/mol. The van der Waals surface area contributed by atoms with Crippen LogP contribution < -0.4 is 10.0 Å². The lowest BCUT2D eigenvalue weighted by Gasteiger charge is -2.32. The SMILES string of the molecule is CN(C)C(C)(C)c1cc(S(=O)(=O)NC(=O)Nc2c3c(cc4c2CCC4)CCC3)nn1C. The van der Waals surface area contributed by atoms with E-state index in [1.165, 1.54) is 17.2 Å². The quantitative estimate of drug-likeness (QED) is 0.738. The zero-order valence-corrected chi connectivity index (χ0v) is 19.7. The monoisotopic (exact) mass is 445 g/mol. The Morgan fingerprint density at radius 2 is 1.65 bits per heavy atom. The molecule has 2 N–H and O–H groups in total. The summed E-state index contributed by atoms with van der Waals surface area (Å²) in [6.07, 6.45) is 5.96. The Bertz CT molecular complexity index is 1120. The topological polar surface area (TPSA) is 96.3 Å². The van der Waals surface area contributed by atoms with Crippen molar-refractivity contribution in [2.75, 3.05) is 19.4 Å². The molecule has 0 saturated carbocycles. The molecule has 168 valence electrons. The molecule has 0 atom stereocenters. The summed E-state index contributed by atoms with van der Waals surface area (Å²) in [6.45, 7) is 3.97. The highest BCUT2D eigenvalue weighted by Crippen LogP contribution is 2.38. The lowest BCUT2D eigenvalue weighted by Crippen LogP contribution is -2.37. The molecule has 0 saturated heterocycles. The summed E-state index contributed by atoms with van der Waals surface area (Å²) in [5.41, 5.74) is 5.98. The van der Waals surface area contributed by atoms with Gasteiger partial charge in [0.2, 0.25) is 0 Å². The molecule has 0 unspecified atom stereocenters. The molecule has 31 heavy (non-hydrogen) atoms. The third-order valence-corrected chi connectivity index (χ3v) is 8.02. The molecule has 2 amide bonds. The van der Waals surface area contributed by atoms with Crippen LogP contribution in [0.1, 0.15) is 54.6 Å². The summed E-state index contributed by atoms with van der Waals surface area (Å²) in [4.78, 5) is 14.7. The van der Waals surface area contributed by atoms with E-state index >= 15 is 0 Å². The molecule has 4 rings (SSSR count). The molecule has 9 heteroatoms. The molecule has 2 aliphatic rings. The van der Waals surface area contributed by atoms with Gasteiger partial charge in [-0.25, -0.2) is 9.52 Å². The van der Waals surface area contributed by atoms with Crippen molar-refractivity contribution in [1.82, 2.24) is 19.4 Å². The summed E-state index contributed by atoms with van der Waals surface area (Å²) in [6, 6.07) is 3.05. The first-order chi connectivity index (χ1) is 14.5. The van der Waals surface area contributed by atoms with E-state index in [1.54, 1.807) is 11.7 Å². The number of aryl methyl sites for hydroxylation is 3. The van der Waals surface area contributed by atoms with Gasteiger partial charge in [0.25, 0.3) is 10.0 Å². The van der Waals surface area contributed by atoms with Crippen molar-refractivity contribution in [3.05, 3.63) is 40.1 Å². The second-order valence-electron chi connectivity index (χ2n) is 9.24. The van der Waals surface area contributed by atoms with E-state index in [9.17, 15) is 13.2 Å². The van der Waals surface area contributed by atoms with Crippen LogP contribution in [0.15, 0.2) is 17.2 Å². The first-order valence-electron chi connectivity index (χ1n) is 10.7. The van der Waals surface area contributed by atoms with Crippen LogP contribution in [-0.2, 0) is 48.3 Å². The maximum Gasteiger partial charge on any atom is 0.333 e. The molecule has 0 bridgehead atoms. The summed E-state index contributed by atoms with van der Waals surface area (Å²) in [7, 11) is 1.44. The zero-order chi connectivity index (χ0) is 22.6. The molecule has 0 aliphatic heterocycles. The number of fused-ring (bicyclic) bond motifs is 2. The van der Waals surface area contributed by atoms with Gasteiger partial charge in [-0.2, -0.15) is 13.5 Å². The van der Waals surface area contributed by atoms with Crippen molar-refractivity contribution in [2.45, 2.75) is 62.9 Å². The van der Waals surface area contributed by atoms with E-state index in [0.717, 1.165) is 61.0 Å². The molecule has 2 aliphatic carbocycles. The Labute approximate surface area is 184 Å². The Balaban J connectivity index is 1.58. The van der Waals surface area contributed by atoms with Crippen LogP contribution in [0.3, 0.4) is 0 Å². The molecule has 0 radical (unpaired) electrons. The van der Waals surface area contributed by atoms with Gasteiger partial charge in [-0.1, -0.05) is 6.07 Å². The third-order valence-electron chi connectivity index (χ3n) is 6.82. The van der Waals surface area contributed by atoms with Gasteiger partial charge < -0.3 is 5.32 Å². The van der Waals surface area contributed by atoms with Gasteiger partial charge in [0, 0.05) is 18.8 Å². The van der Waals surface area contributed by atoms with Crippen LogP contribution >= 0.6 is 0 Å². The van der Waals surface area contributed by atoms with Gasteiger partial charge in [0.15, 0.2) is 5.03 Å². The zero-order valence-electron chi connectivity index (χ0n) is 18.9. The van der Waals surface area contributed by atoms with Gasteiger partial charge >= 0.3 is 6.03 Å².